The minimum atomic E-state index is -0.114. The van der Waals surface area contributed by atoms with Gasteiger partial charge in [0.1, 0.15) is 6.61 Å². The number of carbonyl (C=O) groups is 1. The van der Waals surface area contributed by atoms with Crippen LogP contribution in [0.4, 0.5) is 0 Å². The van der Waals surface area contributed by atoms with Gasteiger partial charge in [0.05, 0.1) is 0 Å². The lowest BCUT2D eigenvalue weighted by Crippen LogP contribution is -2.04. The van der Waals surface area contributed by atoms with E-state index in [9.17, 15) is 4.79 Å². The van der Waals surface area contributed by atoms with Gasteiger partial charge in [-0.05, 0) is 79.7 Å². The molecule has 0 spiro atoms. The maximum absolute atomic E-state index is 11.7. The highest BCUT2D eigenvalue weighted by Gasteiger charge is 2.00. The van der Waals surface area contributed by atoms with Gasteiger partial charge < -0.3 is 4.74 Å². The van der Waals surface area contributed by atoms with E-state index in [1.807, 2.05) is 6.08 Å². The fourth-order valence-electron chi connectivity index (χ4n) is 2.17. The molecule has 0 saturated carbocycles. The molecule has 0 saturated heterocycles. The molecule has 24 heavy (non-hydrogen) atoms. The molecule has 0 fully saturated rings. The Morgan fingerprint density at radius 2 is 1.12 bits per heavy atom. The molecule has 0 aromatic rings. The summed E-state index contributed by atoms with van der Waals surface area (Å²) in [6, 6.07) is 0. The summed E-state index contributed by atoms with van der Waals surface area (Å²) in [5.74, 6) is -0.114. The van der Waals surface area contributed by atoms with Crippen LogP contribution in [0.25, 0.3) is 0 Å². The molecule has 0 aromatic heterocycles. The molecule has 0 aliphatic heterocycles. The largest absolute Gasteiger partial charge is 0.461 e. The first-order valence-electron chi connectivity index (χ1n) is 9.05. The van der Waals surface area contributed by atoms with Gasteiger partial charge in [-0.25, -0.2) is 0 Å². The molecule has 0 atom stereocenters. The van der Waals surface area contributed by atoms with Gasteiger partial charge in [-0.1, -0.05) is 40.5 Å². The summed E-state index contributed by atoms with van der Waals surface area (Å²) in [4.78, 5) is 11.7. The Hall–Kier alpha value is -1.57. The van der Waals surface area contributed by atoms with E-state index >= 15 is 0 Å². The summed E-state index contributed by atoms with van der Waals surface area (Å²) in [5.41, 5.74) is 5.32. The third-order valence-corrected chi connectivity index (χ3v) is 3.70. The number of carbonyl (C=O) groups excluding carboxylic acids is 1. The van der Waals surface area contributed by atoms with E-state index in [2.05, 4.69) is 59.8 Å². The second-order valence-corrected chi connectivity index (χ2v) is 6.96. The fourth-order valence-corrected chi connectivity index (χ4v) is 2.17. The molecule has 0 heterocycles. The van der Waals surface area contributed by atoms with E-state index in [-0.39, 0.29) is 5.97 Å². The van der Waals surface area contributed by atoms with Crippen molar-refractivity contribution in [3.05, 3.63) is 46.6 Å². The first-order chi connectivity index (χ1) is 11.3. The monoisotopic (exact) mass is 332 g/mol. The third kappa shape index (κ3) is 15.3. The van der Waals surface area contributed by atoms with Gasteiger partial charge in [0.2, 0.25) is 0 Å². The van der Waals surface area contributed by atoms with Gasteiger partial charge >= 0.3 is 5.97 Å². The second kappa shape index (κ2) is 13.8. The van der Waals surface area contributed by atoms with Crippen LogP contribution in [-0.4, -0.2) is 12.6 Å². The Bertz CT molecular complexity index is 438. The van der Waals surface area contributed by atoms with Crippen molar-refractivity contribution in [1.29, 1.82) is 0 Å². The molecule has 2 nitrogen and oxygen atoms in total. The molecule has 136 valence electrons. The van der Waals surface area contributed by atoms with Gasteiger partial charge in [-0.3, -0.25) is 4.79 Å². The summed E-state index contributed by atoms with van der Waals surface area (Å²) in [7, 11) is 0. The average molecular weight is 333 g/mol. The number of rotatable bonds is 11. The topological polar surface area (TPSA) is 26.3 Å². The highest BCUT2D eigenvalue weighted by Crippen LogP contribution is 2.09. The molecule has 0 bridgehead atoms. The van der Waals surface area contributed by atoms with E-state index in [1.54, 1.807) is 0 Å². The maximum atomic E-state index is 11.7. The molecule has 0 radical (unpaired) electrons. The van der Waals surface area contributed by atoms with Crippen molar-refractivity contribution in [3.8, 4) is 0 Å². The molecule has 2 heteroatoms. The maximum Gasteiger partial charge on any atom is 0.306 e. The number of hydrogen-bond donors (Lipinski definition) is 0. The first-order valence-corrected chi connectivity index (χ1v) is 9.05. The minimum Gasteiger partial charge on any atom is -0.461 e. The zero-order valence-corrected chi connectivity index (χ0v) is 16.6. The Kier molecular flexibility index (Phi) is 12.9. The standard InChI is InChI=1S/C22H36O2/c1-18(2)10-7-12-20(5)14-9-15-22(23)24-17-16-21(6)13-8-11-19(3)4/h10-11,14,16H,7-9,12-13,15,17H2,1-6H3/b20-14-,21-16?. The molecular weight excluding hydrogens is 296 g/mol. The molecular formula is C22H36O2. The van der Waals surface area contributed by atoms with Gasteiger partial charge in [-0.15, -0.1) is 0 Å². The van der Waals surface area contributed by atoms with Crippen LogP contribution >= 0.6 is 0 Å². The SMILES string of the molecule is CC(C)=CCCC(C)=CCOC(=O)CC/C=C(/C)CCC=C(C)C. The van der Waals surface area contributed by atoms with Crippen LogP contribution in [0.15, 0.2) is 46.6 Å². The van der Waals surface area contributed by atoms with Crippen molar-refractivity contribution in [2.24, 2.45) is 0 Å². The van der Waals surface area contributed by atoms with Crippen molar-refractivity contribution < 1.29 is 9.53 Å². The number of allylic oxidation sites excluding steroid dienone is 7. The van der Waals surface area contributed by atoms with Crippen LogP contribution in [0.5, 0.6) is 0 Å². The van der Waals surface area contributed by atoms with Crippen LogP contribution in [0.2, 0.25) is 0 Å². The van der Waals surface area contributed by atoms with Crippen LogP contribution in [-0.2, 0) is 9.53 Å². The van der Waals surface area contributed by atoms with Crippen molar-refractivity contribution in [2.45, 2.75) is 80.1 Å². The molecule has 0 aromatic carbocycles. The van der Waals surface area contributed by atoms with Crippen molar-refractivity contribution in [1.82, 2.24) is 0 Å². The van der Waals surface area contributed by atoms with Gasteiger partial charge in [0.25, 0.3) is 0 Å². The van der Waals surface area contributed by atoms with Crippen LogP contribution < -0.4 is 0 Å². The Balaban J connectivity index is 3.90. The van der Waals surface area contributed by atoms with Crippen LogP contribution in [0.3, 0.4) is 0 Å². The smallest absolute Gasteiger partial charge is 0.306 e. The fraction of sp³-hybridized carbons (Fsp3) is 0.591. The minimum absolute atomic E-state index is 0.114. The van der Waals surface area contributed by atoms with Gasteiger partial charge in [-0.2, -0.15) is 0 Å². The lowest BCUT2D eigenvalue weighted by atomic mass is 10.1. The van der Waals surface area contributed by atoms with E-state index < -0.39 is 0 Å². The molecule has 0 unspecified atom stereocenters. The summed E-state index contributed by atoms with van der Waals surface area (Å²) < 4.78 is 5.27. The summed E-state index contributed by atoms with van der Waals surface area (Å²) >= 11 is 0. The molecule has 0 rings (SSSR count). The van der Waals surface area contributed by atoms with E-state index in [1.165, 1.54) is 22.3 Å². The van der Waals surface area contributed by atoms with Crippen molar-refractivity contribution >= 4 is 5.97 Å². The Morgan fingerprint density at radius 3 is 1.62 bits per heavy atom. The number of hydrogen-bond acceptors (Lipinski definition) is 2. The lowest BCUT2D eigenvalue weighted by molar-refractivity contribution is -0.142. The predicted molar refractivity (Wildman–Crippen MR) is 105 cm³/mol. The third-order valence-electron chi connectivity index (χ3n) is 3.70. The average Bonchev–Trinajstić information content (AvgIpc) is 2.46. The summed E-state index contributed by atoms with van der Waals surface area (Å²) in [6.07, 6.45) is 14.1. The first kappa shape index (κ1) is 22.4. The quantitative estimate of drug-likeness (QED) is 0.311. The van der Waals surface area contributed by atoms with Crippen molar-refractivity contribution in [2.75, 3.05) is 6.61 Å². The molecule has 0 amide bonds. The molecule has 0 aliphatic carbocycles. The summed E-state index contributed by atoms with van der Waals surface area (Å²) in [6.45, 7) is 13.1. The second-order valence-electron chi connectivity index (χ2n) is 6.96. The zero-order chi connectivity index (χ0) is 18.4. The summed E-state index contributed by atoms with van der Waals surface area (Å²) in [5, 5.41) is 0. The van der Waals surface area contributed by atoms with Crippen LogP contribution in [0, 0.1) is 0 Å². The van der Waals surface area contributed by atoms with E-state index in [4.69, 9.17) is 4.74 Å². The predicted octanol–water partition coefficient (Wildman–Crippen LogP) is 6.70. The highest BCUT2D eigenvalue weighted by molar-refractivity contribution is 5.69. The van der Waals surface area contributed by atoms with Gasteiger partial charge in [0, 0.05) is 6.42 Å². The zero-order valence-electron chi connectivity index (χ0n) is 16.6. The van der Waals surface area contributed by atoms with E-state index in [0.29, 0.717) is 13.0 Å². The normalized spacial score (nSPS) is 11.9. The van der Waals surface area contributed by atoms with E-state index in [0.717, 1.165) is 32.1 Å². The lowest BCUT2D eigenvalue weighted by Gasteiger charge is -2.03. The highest BCUT2D eigenvalue weighted by atomic mass is 16.5. The number of esters is 1. The van der Waals surface area contributed by atoms with Gasteiger partial charge in [0.15, 0.2) is 0 Å². The Labute approximate surface area is 149 Å². The molecule has 0 aliphatic rings. The number of ether oxygens (including phenoxy) is 1. The molecule has 0 N–H and O–H groups in total. The Morgan fingerprint density at radius 1 is 0.667 bits per heavy atom. The van der Waals surface area contributed by atoms with Crippen molar-refractivity contribution in [3.63, 3.8) is 0 Å². The van der Waals surface area contributed by atoms with Crippen LogP contribution in [0.1, 0.15) is 80.1 Å².